The molecule has 40 heavy (non-hydrogen) atoms. The first-order valence-electron chi connectivity index (χ1n) is 13.5. The van der Waals surface area contributed by atoms with Crippen molar-refractivity contribution < 1.29 is 29.1 Å². The number of hydrogen-bond acceptors (Lipinski definition) is 7. The van der Waals surface area contributed by atoms with Gasteiger partial charge in [0.1, 0.15) is 24.2 Å². The molecule has 0 spiro atoms. The lowest BCUT2D eigenvalue weighted by Gasteiger charge is -2.28. The van der Waals surface area contributed by atoms with Gasteiger partial charge in [-0.3, -0.25) is 19.2 Å². The van der Waals surface area contributed by atoms with E-state index in [1.165, 1.54) is 18.7 Å². The fourth-order valence-electron chi connectivity index (χ4n) is 3.88. The van der Waals surface area contributed by atoms with Crippen LogP contribution in [0.15, 0.2) is 30.3 Å². The van der Waals surface area contributed by atoms with Gasteiger partial charge in [-0.05, 0) is 49.2 Å². The minimum atomic E-state index is -1.15. The number of carboxylic acid groups (broad SMARTS) is 1. The van der Waals surface area contributed by atoms with Crippen molar-refractivity contribution in [3.05, 3.63) is 35.9 Å². The Kier molecular flexibility index (Phi) is 15.3. The molecule has 11 nitrogen and oxygen atoms in total. The largest absolute Gasteiger partial charge is 0.480 e. The van der Waals surface area contributed by atoms with E-state index in [1.54, 1.807) is 13.8 Å². The van der Waals surface area contributed by atoms with E-state index >= 15 is 0 Å². The van der Waals surface area contributed by atoms with Crippen LogP contribution in [0.25, 0.3) is 0 Å². The zero-order chi connectivity index (χ0) is 30.4. The van der Waals surface area contributed by atoms with Gasteiger partial charge in [-0.15, -0.1) is 0 Å². The molecular formula is C28H45N5O6S. The van der Waals surface area contributed by atoms with E-state index in [-0.39, 0.29) is 31.1 Å². The van der Waals surface area contributed by atoms with Crippen molar-refractivity contribution in [2.45, 2.75) is 84.1 Å². The quantitative estimate of drug-likeness (QED) is 0.158. The minimum Gasteiger partial charge on any atom is -0.480 e. The summed E-state index contributed by atoms with van der Waals surface area (Å²) < 4.78 is 0. The van der Waals surface area contributed by atoms with Gasteiger partial charge < -0.3 is 32.1 Å². The summed E-state index contributed by atoms with van der Waals surface area (Å²) in [4.78, 5) is 63.9. The van der Waals surface area contributed by atoms with Crippen LogP contribution in [0, 0.1) is 11.8 Å². The number of rotatable bonds is 17. The minimum absolute atomic E-state index is 0.00600. The molecule has 0 saturated heterocycles. The maximum Gasteiger partial charge on any atom is 0.326 e. The van der Waals surface area contributed by atoms with Crippen molar-refractivity contribution in [2.24, 2.45) is 17.6 Å². The molecule has 7 N–H and O–H groups in total. The molecule has 0 unspecified atom stereocenters. The van der Waals surface area contributed by atoms with Gasteiger partial charge in [0.25, 0.3) is 0 Å². The molecule has 0 aliphatic carbocycles. The fourth-order valence-corrected chi connectivity index (χ4v) is 4.35. The maximum atomic E-state index is 13.6. The lowest BCUT2D eigenvalue weighted by molar-refractivity contribution is -0.142. The van der Waals surface area contributed by atoms with Crippen molar-refractivity contribution in [2.75, 3.05) is 12.0 Å². The Morgan fingerprint density at radius 2 is 1.35 bits per heavy atom. The van der Waals surface area contributed by atoms with Crippen molar-refractivity contribution in [1.29, 1.82) is 0 Å². The monoisotopic (exact) mass is 579 g/mol. The van der Waals surface area contributed by atoms with Crippen LogP contribution in [-0.2, 0) is 30.4 Å². The Labute approximate surface area is 241 Å². The SMILES string of the molecule is CSCC[C@H](NC(=O)[C@H](CC(C)C)NC(=O)[C@H](Cc1ccccc1)NC(=O)[C@@H](NC(=O)[C@H](C)N)C(C)C)C(=O)O. The third-order valence-corrected chi connectivity index (χ3v) is 6.79. The summed E-state index contributed by atoms with van der Waals surface area (Å²) in [6, 6.07) is 4.13. The summed E-state index contributed by atoms with van der Waals surface area (Å²) in [5.74, 6) is -3.17. The van der Waals surface area contributed by atoms with Crippen LogP contribution in [-0.4, -0.2) is 76.9 Å². The molecule has 1 aromatic carbocycles. The molecule has 0 aromatic heterocycles. The smallest absolute Gasteiger partial charge is 0.326 e. The molecular weight excluding hydrogens is 534 g/mol. The third kappa shape index (κ3) is 12.4. The summed E-state index contributed by atoms with van der Waals surface area (Å²) in [5.41, 5.74) is 6.43. The van der Waals surface area contributed by atoms with E-state index < -0.39 is 59.8 Å². The Morgan fingerprint density at radius 3 is 1.85 bits per heavy atom. The van der Waals surface area contributed by atoms with Crippen LogP contribution >= 0.6 is 11.8 Å². The lowest BCUT2D eigenvalue weighted by Crippen LogP contribution is -2.59. The fraction of sp³-hybridized carbons (Fsp3) is 0.607. The zero-order valence-corrected chi connectivity index (χ0v) is 25.0. The summed E-state index contributed by atoms with van der Waals surface area (Å²) in [7, 11) is 0. The summed E-state index contributed by atoms with van der Waals surface area (Å²) in [6.45, 7) is 8.79. The first-order valence-corrected chi connectivity index (χ1v) is 14.9. The Bertz CT molecular complexity index is 989. The molecule has 5 atom stereocenters. The predicted octanol–water partition coefficient (Wildman–Crippen LogP) is 1.06. The molecule has 0 fully saturated rings. The molecule has 224 valence electrons. The molecule has 0 bridgehead atoms. The molecule has 0 aliphatic heterocycles. The number of amides is 4. The van der Waals surface area contributed by atoms with Crippen LogP contribution in [0.5, 0.6) is 0 Å². The van der Waals surface area contributed by atoms with E-state index in [4.69, 9.17) is 5.73 Å². The van der Waals surface area contributed by atoms with Crippen LogP contribution in [0.1, 0.15) is 53.0 Å². The molecule has 12 heteroatoms. The van der Waals surface area contributed by atoms with E-state index in [9.17, 15) is 29.1 Å². The van der Waals surface area contributed by atoms with Crippen LogP contribution in [0.4, 0.5) is 0 Å². The van der Waals surface area contributed by atoms with E-state index in [0.29, 0.717) is 5.75 Å². The number of carboxylic acids is 1. The van der Waals surface area contributed by atoms with Gasteiger partial charge in [0.2, 0.25) is 23.6 Å². The third-order valence-electron chi connectivity index (χ3n) is 6.14. The van der Waals surface area contributed by atoms with Crippen molar-refractivity contribution in [3.8, 4) is 0 Å². The molecule has 0 radical (unpaired) electrons. The van der Waals surface area contributed by atoms with E-state index in [1.807, 2.05) is 50.4 Å². The first kappa shape index (κ1) is 34.9. The van der Waals surface area contributed by atoms with Crippen molar-refractivity contribution >= 4 is 41.4 Å². The molecule has 1 aromatic rings. The van der Waals surface area contributed by atoms with Gasteiger partial charge in [-0.2, -0.15) is 11.8 Å². The Morgan fingerprint density at radius 1 is 0.800 bits per heavy atom. The average Bonchev–Trinajstić information content (AvgIpc) is 2.88. The normalized spacial score (nSPS) is 14.9. The summed E-state index contributed by atoms with van der Waals surface area (Å²) >= 11 is 1.47. The van der Waals surface area contributed by atoms with Gasteiger partial charge in [0.05, 0.1) is 6.04 Å². The lowest BCUT2D eigenvalue weighted by atomic mass is 9.99. The predicted molar refractivity (Wildman–Crippen MR) is 156 cm³/mol. The second kappa shape index (κ2) is 17.5. The van der Waals surface area contributed by atoms with Gasteiger partial charge in [0, 0.05) is 6.42 Å². The molecule has 0 aliphatic rings. The van der Waals surface area contributed by atoms with Crippen LogP contribution < -0.4 is 27.0 Å². The number of hydrogen-bond donors (Lipinski definition) is 6. The van der Waals surface area contributed by atoms with Crippen LogP contribution in [0.2, 0.25) is 0 Å². The highest BCUT2D eigenvalue weighted by Gasteiger charge is 2.32. The number of aliphatic carboxylic acids is 1. The number of thioether (sulfide) groups is 1. The van der Waals surface area contributed by atoms with Gasteiger partial charge in [-0.25, -0.2) is 4.79 Å². The highest BCUT2D eigenvalue weighted by molar-refractivity contribution is 7.98. The first-order chi connectivity index (χ1) is 18.8. The average molecular weight is 580 g/mol. The Hall–Kier alpha value is -3.12. The molecule has 0 heterocycles. The number of benzene rings is 1. The number of carbonyl (C=O) groups is 5. The second-order valence-corrected chi connectivity index (χ2v) is 11.6. The van der Waals surface area contributed by atoms with E-state index in [2.05, 4.69) is 21.3 Å². The number of nitrogens with two attached hydrogens (primary N) is 1. The standard InChI is InChI=1S/C28H45N5O6S/c1-16(2)14-21(25(35)30-20(28(38)39)12-13-40-6)31-26(36)22(15-19-10-8-7-9-11-19)32-27(37)23(17(3)4)33-24(34)18(5)29/h7-11,16-18,20-23H,12-15,29H2,1-6H3,(H,30,35)(H,31,36)(H,32,37)(H,33,34)(H,38,39)/t18-,20-,21-,22-,23-/m0/s1. The number of nitrogens with one attached hydrogen (secondary N) is 4. The van der Waals surface area contributed by atoms with Gasteiger partial charge in [0.15, 0.2) is 0 Å². The molecule has 1 rings (SSSR count). The van der Waals surface area contributed by atoms with Gasteiger partial charge in [-0.1, -0.05) is 58.0 Å². The number of carbonyl (C=O) groups excluding carboxylic acids is 4. The second-order valence-electron chi connectivity index (χ2n) is 10.6. The van der Waals surface area contributed by atoms with E-state index in [0.717, 1.165) is 5.56 Å². The summed E-state index contributed by atoms with van der Waals surface area (Å²) in [6.07, 6.45) is 2.47. The van der Waals surface area contributed by atoms with Crippen molar-refractivity contribution in [1.82, 2.24) is 21.3 Å². The van der Waals surface area contributed by atoms with Crippen LogP contribution in [0.3, 0.4) is 0 Å². The zero-order valence-electron chi connectivity index (χ0n) is 24.2. The van der Waals surface area contributed by atoms with Crippen molar-refractivity contribution in [3.63, 3.8) is 0 Å². The summed E-state index contributed by atoms with van der Waals surface area (Å²) in [5, 5.41) is 20.2. The highest BCUT2D eigenvalue weighted by Crippen LogP contribution is 2.11. The highest BCUT2D eigenvalue weighted by atomic mass is 32.2. The maximum absolute atomic E-state index is 13.6. The molecule has 4 amide bonds. The Balaban J connectivity index is 3.21. The topological polar surface area (TPSA) is 180 Å². The van der Waals surface area contributed by atoms with Gasteiger partial charge >= 0.3 is 5.97 Å². The molecule has 0 saturated carbocycles.